The van der Waals surface area contributed by atoms with Gasteiger partial charge in [0.2, 0.25) is 5.91 Å². The van der Waals surface area contributed by atoms with E-state index in [4.69, 9.17) is 0 Å². The molecule has 0 aliphatic carbocycles. The maximum Gasteiger partial charge on any atom is 0.219 e. The summed E-state index contributed by atoms with van der Waals surface area (Å²) in [4.78, 5) is 13.1. The van der Waals surface area contributed by atoms with Crippen molar-refractivity contribution in [3.05, 3.63) is 12.2 Å². The number of hydrogen-bond donors (Lipinski definition) is 0. The first-order valence-corrected chi connectivity index (χ1v) is 6.68. The Balaban J connectivity index is 4.19. The summed E-state index contributed by atoms with van der Waals surface area (Å²) in [5.74, 6) is 0.766. The van der Waals surface area contributed by atoms with Crippen LogP contribution in [0.1, 0.15) is 53.9 Å². The molecule has 1 atom stereocenters. The molecular weight excluding hydrogens is 210 g/mol. The van der Waals surface area contributed by atoms with Gasteiger partial charge in [-0.3, -0.25) is 4.79 Å². The number of amides is 1. The molecule has 0 aromatic rings. The summed E-state index contributed by atoms with van der Waals surface area (Å²) in [6.45, 7) is 11.4. The summed E-state index contributed by atoms with van der Waals surface area (Å²) in [6, 6.07) is 0. The van der Waals surface area contributed by atoms with Crippen molar-refractivity contribution in [3.63, 3.8) is 0 Å². The second kappa shape index (κ2) is 7.52. The van der Waals surface area contributed by atoms with Crippen LogP contribution >= 0.6 is 0 Å². The summed E-state index contributed by atoms with van der Waals surface area (Å²) in [5.41, 5.74) is 0.181. The summed E-state index contributed by atoms with van der Waals surface area (Å²) in [5, 5.41) is 0. The van der Waals surface area contributed by atoms with E-state index in [1.807, 2.05) is 11.9 Å². The molecule has 0 heterocycles. The van der Waals surface area contributed by atoms with E-state index >= 15 is 0 Å². The molecule has 0 saturated carbocycles. The van der Waals surface area contributed by atoms with Crippen molar-refractivity contribution in [2.45, 2.75) is 53.9 Å². The second-order valence-electron chi connectivity index (χ2n) is 5.72. The van der Waals surface area contributed by atoms with Crippen LogP contribution < -0.4 is 0 Å². The zero-order chi connectivity index (χ0) is 13.5. The first-order valence-electron chi connectivity index (χ1n) is 6.68. The zero-order valence-corrected chi connectivity index (χ0v) is 12.4. The molecule has 17 heavy (non-hydrogen) atoms. The SMILES string of the molecule is CC/C=C\CCC(C)C(C)(C)CN(C)C(C)=O. The largest absolute Gasteiger partial charge is 0.345 e. The third-order valence-corrected chi connectivity index (χ3v) is 3.69. The summed E-state index contributed by atoms with van der Waals surface area (Å²) >= 11 is 0. The fraction of sp³-hybridized carbons (Fsp3) is 0.800. The van der Waals surface area contributed by atoms with Gasteiger partial charge in [-0.25, -0.2) is 0 Å². The molecule has 0 fully saturated rings. The normalized spacial score (nSPS) is 14.0. The van der Waals surface area contributed by atoms with Gasteiger partial charge in [0.05, 0.1) is 0 Å². The predicted octanol–water partition coefficient (Wildman–Crippen LogP) is 3.87. The van der Waals surface area contributed by atoms with E-state index in [1.165, 1.54) is 6.42 Å². The average Bonchev–Trinajstić information content (AvgIpc) is 2.23. The quantitative estimate of drug-likeness (QED) is 0.618. The lowest BCUT2D eigenvalue weighted by molar-refractivity contribution is -0.129. The maximum atomic E-state index is 11.3. The highest BCUT2D eigenvalue weighted by molar-refractivity contribution is 5.72. The van der Waals surface area contributed by atoms with E-state index in [1.54, 1.807) is 6.92 Å². The average molecular weight is 239 g/mol. The zero-order valence-electron chi connectivity index (χ0n) is 12.4. The monoisotopic (exact) mass is 239 g/mol. The summed E-state index contributed by atoms with van der Waals surface area (Å²) in [7, 11) is 1.88. The molecule has 0 spiro atoms. The molecule has 0 aliphatic rings. The van der Waals surface area contributed by atoms with Gasteiger partial charge in [-0.05, 0) is 30.6 Å². The molecule has 0 aliphatic heterocycles. The molecule has 0 radical (unpaired) electrons. The van der Waals surface area contributed by atoms with E-state index in [0.717, 1.165) is 19.4 Å². The molecule has 1 amide bonds. The number of hydrogen-bond acceptors (Lipinski definition) is 1. The minimum absolute atomic E-state index is 0.149. The van der Waals surface area contributed by atoms with Crippen molar-refractivity contribution < 1.29 is 4.79 Å². The van der Waals surface area contributed by atoms with Crippen LogP contribution in [0.3, 0.4) is 0 Å². The van der Waals surface area contributed by atoms with Gasteiger partial charge in [0, 0.05) is 20.5 Å². The Morgan fingerprint density at radius 1 is 1.35 bits per heavy atom. The highest BCUT2D eigenvalue weighted by Gasteiger charge is 2.27. The van der Waals surface area contributed by atoms with E-state index in [0.29, 0.717) is 5.92 Å². The molecule has 0 saturated heterocycles. The Bertz CT molecular complexity index is 256. The van der Waals surface area contributed by atoms with Crippen LogP contribution in [0.2, 0.25) is 0 Å². The molecule has 2 heteroatoms. The molecular formula is C15H29NO. The van der Waals surface area contributed by atoms with Crippen molar-refractivity contribution in [1.82, 2.24) is 4.90 Å². The Hall–Kier alpha value is -0.790. The van der Waals surface area contributed by atoms with Gasteiger partial charge in [0.25, 0.3) is 0 Å². The third kappa shape index (κ3) is 6.50. The van der Waals surface area contributed by atoms with Crippen LogP contribution in [0.5, 0.6) is 0 Å². The molecule has 1 unspecified atom stereocenters. The number of rotatable bonds is 7. The van der Waals surface area contributed by atoms with Crippen LogP contribution in [-0.4, -0.2) is 24.4 Å². The highest BCUT2D eigenvalue weighted by Crippen LogP contribution is 2.31. The van der Waals surface area contributed by atoms with Crippen molar-refractivity contribution in [2.24, 2.45) is 11.3 Å². The molecule has 2 nitrogen and oxygen atoms in total. The number of carbonyl (C=O) groups excluding carboxylic acids is 1. The second-order valence-corrected chi connectivity index (χ2v) is 5.72. The van der Waals surface area contributed by atoms with Crippen molar-refractivity contribution in [2.75, 3.05) is 13.6 Å². The maximum absolute atomic E-state index is 11.3. The van der Waals surface area contributed by atoms with Gasteiger partial charge < -0.3 is 4.90 Å². The summed E-state index contributed by atoms with van der Waals surface area (Å²) in [6.07, 6.45) is 7.94. The van der Waals surface area contributed by atoms with Crippen LogP contribution in [0.15, 0.2) is 12.2 Å². The van der Waals surface area contributed by atoms with E-state index < -0.39 is 0 Å². The fourth-order valence-electron chi connectivity index (χ4n) is 1.90. The van der Waals surface area contributed by atoms with E-state index in [-0.39, 0.29) is 11.3 Å². The van der Waals surface area contributed by atoms with Crippen LogP contribution in [0, 0.1) is 11.3 Å². The first kappa shape index (κ1) is 16.2. The molecule has 0 N–H and O–H groups in total. The van der Waals surface area contributed by atoms with Crippen LogP contribution in [0.4, 0.5) is 0 Å². The molecule has 100 valence electrons. The lowest BCUT2D eigenvalue weighted by atomic mass is 9.77. The van der Waals surface area contributed by atoms with Crippen molar-refractivity contribution >= 4 is 5.91 Å². The van der Waals surface area contributed by atoms with Gasteiger partial charge in [0.15, 0.2) is 0 Å². The highest BCUT2D eigenvalue weighted by atomic mass is 16.2. The van der Waals surface area contributed by atoms with Crippen molar-refractivity contribution in [3.8, 4) is 0 Å². The van der Waals surface area contributed by atoms with E-state index in [9.17, 15) is 4.79 Å². The summed E-state index contributed by atoms with van der Waals surface area (Å²) < 4.78 is 0. The van der Waals surface area contributed by atoms with Crippen molar-refractivity contribution in [1.29, 1.82) is 0 Å². The number of carbonyl (C=O) groups is 1. The van der Waals surface area contributed by atoms with Gasteiger partial charge in [-0.15, -0.1) is 0 Å². The Morgan fingerprint density at radius 3 is 2.41 bits per heavy atom. The minimum atomic E-state index is 0.149. The number of allylic oxidation sites excluding steroid dienone is 2. The lowest BCUT2D eigenvalue weighted by Crippen LogP contribution is -2.38. The molecule has 0 bridgehead atoms. The van der Waals surface area contributed by atoms with Crippen LogP contribution in [0.25, 0.3) is 0 Å². The third-order valence-electron chi connectivity index (χ3n) is 3.69. The Morgan fingerprint density at radius 2 is 1.94 bits per heavy atom. The van der Waals surface area contributed by atoms with E-state index in [2.05, 4.69) is 39.8 Å². The predicted molar refractivity (Wildman–Crippen MR) is 74.9 cm³/mol. The minimum Gasteiger partial charge on any atom is -0.345 e. The van der Waals surface area contributed by atoms with Gasteiger partial charge in [0.1, 0.15) is 0 Å². The molecule has 0 rings (SSSR count). The fourth-order valence-corrected chi connectivity index (χ4v) is 1.90. The standard InChI is InChI=1S/C15H29NO/c1-7-8-9-10-11-13(2)15(4,5)12-16(6)14(3)17/h8-9,13H,7,10-12H2,1-6H3/b9-8-. The topological polar surface area (TPSA) is 20.3 Å². The van der Waals surface area contributed by atoms with Gasteiger partial charge in [-0.1, -0.05) is 39.8 Å². The van der Waals surface area contributed by atoms with Crippen LogP contribution in [-0.2, 0) is 4.79 Å². The first-order chi connectivity index (χ1) is 7.81. The smallest absolute Gasteiger partial charge is 0.219 e. The Kier molecular flexibility index (Phi) is 7.17. The molecule has 0 aromatic carbocycles. The molecule has 0 aromatic heterocycles. The Labute approximate surface area is 107 Å². The van der Waals surface area contributed by atoms with Gasteiger partial charge in [-0.2, -0.15) is 0 Å². The number of nitrogens with zero attached hydrogens (tertiary/aromatic N) is 1. The van der Waals surface area contributed by atoms with Gasteiger partial charge >= 0.3 is 0 Å². The lowest BCUT2D eigenvalue weighted by Gasteiger charge is -2.35.